The van der Waals surface area contributed by atoms with Gasteiger partial charge in [0.2, 0.25) is 11.8 Å². The van der Waals surface area contributed by atoms with Gasteiger partial charge in [-0.05, 0) is 66.7 Å². The highest BCUT2D eigenvalue weighted by Gasteiger charge is 2.77. The summed E-state index contributed by atoms with van der Waals surface area (Å²) in [5.41, 5.74) is -0.433. The molecule has 33 heavy (non-hydrogen) atoms. The van der Waals surface area contributed by atoms with Crippen molar-refractivity contribution in [2.75, 3.05) is 26.3 Å². The van der Waals surface area contributed by atoms with Gasteiger partial charge in [0.25, 0.3) is 0 Å². The molecule has 3 aliphatic heterocycles. The third-order valence-corrected chi connectivity index (χ3v) is 9.48. The van der Waals surface area contributed by atoms with E-state index in [4.69, 9.17) is 9.84 Å². The van der Waals surface area contributed by atoms with Crippen LogP contribution in [0.2, 0.25) is 0 Å². The maximum absolute atomic E-state index is 14.2. The molecule has 1 spiro atoms. The van der Waals surface area contributed by atoms with E-state index in [2.05, 4.69) is 13.5 Å². The summed E-state index contributed by atoms with van der Waals surface area (Å²) in [4.78, 5) is 44.7. The Balaban J connectivity index is 2.04. The fourth-order valence-corrected chi connectivity index (χ4v) is 8.42. The van der Waals surface area contributed by atoms with Crippen molar-refractivity contribution in [3.8, 4) is 0 Å². The molecule has 5 atom stereocenters. The number of aliphatic hydroxyl groups is 1. The number of rotatable bonds is 10. The highest BCUT2D eigenvalue weighted by atomic mass is 32.2. The first kappa shape index (κ1) is 26.1. The van der Waals surface area contributed by atoms with Crippen LogP contribution in [0.4, 0.5) is 0 Å². The summed E-state index contributed by atoms with van der Waals surface area (Å²) in [6.45, 7) is 14.9. The summed E-state index contributed by atoms with van der Waals surface area (Å²) < 4.78 is 4.40. The molecule has 2 amide bonds. The van der Waals surface area contributed by atoms with Crippen LogP contribution in [0.5, 0.6) is 0 Å². The average Bonchev–Trinajstić information content (AvgIpc) is 3.29. The lowest BCUT2D eigenvalue weighted by molar-refractivity contribution is -0.155. The third-order valence-electron chi connectivity index (χ3n) is 7.50. The van der Waals surface area contributed by atoms with Crippen LogP contribution in [0.15, 0.2) is 12.7 Å². The number of carbonyl (C=O) groups is 3. The van der Waals surface area contributed by atoms with Crippen LogP contribution in [0.1, 0.15) is 66.7 Å². The van der Waals surface area contributed by atoms with E-state index in [1.807, 2.05) is 25.7 Å². The first-order valence-corrected chi connectivity index (χ1v) is 13.0. The minimum atomic E-state index is -0.623. The number of aliphatic hydroxyl groups excluding tert-OH is 1. The summed E-state index contributed by atoms with van der Waals surface area (Å²) in [5, 5.41) is 9.16. The summed E-state index contributed by atoms with van der Waals surface area (Å²) >= 11 is 1.67. The number of nitrogens with zero attached hydrogens (tertiary/aromatic N) is 2. The number of esters is 1. The first-order valence-electron chi connectivity index (χ1n) is 12.2. The summed E-state index contributed by atoms with van der Waals surface area (Å²) in [6.07, 6.45) is 5.39. The standard InChI is InChI=1S/C25H40N2O5S/c1-7-14-27(23(3,4)5)21(30)19-25-13-12-24(6,33-25)18(22(31)32-8-2)17(25)20(29)26(19)15-10-9-11-16-28/h7,17-19,28H,1,8-16H2,2-6H3/t17-,18-,19?,24+,25?/m0/s1. The number of hydrogen-bond acceptors (Lipinski definition) is 6. The molecule has 8 heteroatoms. The van der Waals surface area contributed by atoms with E-state index in [1.165, 1.54) is 0 Å². The van der Waals surface area contributed by atoms with Crippen LogP contribution in [-0.4, -0.2) is 80.1 Å². The molecule has 3 saturated heterocycles. The molecule has 2 bridgehead atoms. The largest absolute Gasteiger partial charge is 0.466 e. The molecule has 186 valence electrons. The van der Waals surface area contributed by atoms with E-state index in [9.17, 15) is 14.4 Å². The maximum Gasteiger partial charge on any atom is 0.311 e. The molecule has 3 rings (SSSR count). The van der Waals surface area contributed by atoms with Crippen LogP contribution in [0.3, 0.4) is 0 Å². The van der Waals surface area contributed by atoms with E-state index in [1.54, 1.807) is 29.7 Å². The normalized spacial score (nSPS) is 32.7. The summed E-state index contributed by atoms with van der Waals surface area (Å²) in [5.74, 6) is -1.57. The fourth-order valence-electron chi connectivity index (χ4n) is 6.08. The van der Waals surface area contributed by atoms with Crippen LogP contribution in [0, 0.1) is 11.8 Å². The van der Waals surface area contributed by atoms with E-state index in [-0.39, 0.29) is 31.0 Å². The Morgan fingerprint density at radius 2 is 2.00 bits per heavy atom. The second-order valence-corrected chi connectivity index (χ2v) is 12.6. The van der Waals surface area contributed by atoms with Gasteiger partial charge in [-0.15, -0.1) is 18.3 Å². The highest BCUT2D eigenvalue weighted by molar-refractivity contribution is 8.02. The number of thioether (sulfide) groups is 1. The van der Waals surface area contributed by atoms with Crippen molar-refractivity contribution in [1.82, 2.24) is 9.80 Å². The second-order valence-electron chi connectivity index (χ2n) is 10.7. The molecule has 0 aromatic rings. The molecule has 0 radical (unpaired) electrons. The molecule has 0 aromatic carbocycles. The minimum absolute atomic E-state index is 0.0679. The van der Waals surface area contributed by atoms with Crippen LogP contribution < -0.4 is 0 Å². The maximum atomic E-state index is 14.2. The predicted octanol–water partition coefficient (Wildman–Crippen LogP) is 3.01. The molecule has 0 aliphatic carbocycles. The lowest BCUT2D eigenvalue weighted by Gasteiger charge is -2.42. The van der Waals surface area contributed by atoms with E-state index in [0.29, 0.717) is 25.9 Å². The number of unbranched alkanes of at least 4 members (excludes halogenated alkanes) is 2. The van der Waals surface area contributed by atoms with Crippen LogP contribution in [-0.2, 0) is 19.1 Å². The Bertz CT molecular complexity index is 796. The third kappa shape index (κ3) is 4.33. The van der Waals surface area contributed by atoms with E-state index >= 15 is 0 Å². The van der Waals surface area contributed by atoms with Gasteiger partial charge in [0.05, 0.1) is 23.2 Å². The summed E-state index contributed by atoms with van der Waals surface area (Å²) in [7, 11) is 0. The minimum Gasteiger partial charge on any atom is -0.466 e. The van der Waals surface area contributed by atoms with Gasteiger partial charge < -0.3 is 19.6 Å². The Morgan fingerprint density at radius 1 is 1.30 bits per heavy atom. The SMILES string of the molecule is C=CCN(C(=O)C1N(CCCCCO)C(=O)[C@@H]2[C@@H](C(=O)OCC)[C@@]3(C)CCC12S3)C(C)(C)C. The number of fused-ring (bicyclic) bond motifs is 1. The van der Waals surface area contributed by atoms with Crippen molar-refractivity contribution < 1.29 is 24.2 Å². The molecule has 0 aromatic heterocycles. The van der Waals surface area contributed by atoms with Crippen molar-refractivity contribution >= 4 is 29.5 Å². The van der Waals surface area contributed by atoms with Crippen LogP contribution >= 0.6 is 11.8 Å². The monoisotopic (exact) mass is 480 g/mol. The van der Waals surface area contributed by atoms with Gasteiger partial charge >= 0.3 is 5.97 Å². The number of hydrogen-bond donors (Lipinski definition) is 1. The second kappa shape index (κ2) is 9.61. The number of ether oxygens (including phenoxy) is 1. The smallest absolute Gasteiger partial charge is 0.311 e. The number of likely N-dealkylation sites (tertiary alicyclic amines) is 1. The van der Waals surface area contributed by atoms with Crippen molar-refractivity contribution in [3.05, 3.63) is 12.7 Å². The molecule has 3 heterocycles. The molecule has 2 unspecified atom stereocenters. The molecule has 0 saturated carbocycles. The topological polar surface area (TPSA) is 87.2 Å². The van der Waals surface area contributed by atoms with E-state index < -0.39 is 32.9 Å². The van der Waals surface area contributed by atoms with Gasteiger partial charge in [-0.3, -0.25) is 14.4 Å². The molecular formula is C25H40N2O5S. The first-order chi connectivity index (χ1) is 15.5. The van der Waals surface area contributed by atoms with Gasteiger partial charge in [-0.1, -0.05) is 6.08 Å². The highest BCUT2D eigenvalue weighted by Crippen LogP contribution is 2.71. The van der Waals surface area contributed by atoms with Crippen molar-refractivity contribution in [2.45, 2.75) is 87.8 Å². The zero-order valence-electron chi connectivity index (χ0n) is 20.8. The fraction of sp³-hybridized carbons (Fsp3) is 0.800. The average molecular weight is 481 g/mol. The molecule has 1 N–H and O–H groups in total. The van der Waals surface area contributed by atoms with Gasteiger partial charge in [0.15, 0.2) is 0 Å². The Kier molecular flexibility index (Phi) is 7.59. The summed E-state index contributed by atoms with van der Waals surface area (Å²) in [6, 6.07) is -0.616. The van der Waals surface area contributed by atoms with Gasteiger partial charge in [0, 0.05) is 30.0 Å². The van der Waals surface area contributed by atoms with Gasteiger partial charge in [-0.2, -0.15) is 0 Å². The van der Waals surface area contributed by atoms with Crippen molar-refractivity contribution in [1.29, 1.82) is 0 Å². The quantitative estimate of drug-likeness (QED) is 0.294. The molecule has 7 nitrogen and oxygen atoms in total. The lowest BCUT2D eigenvalue weighted by Crippen LogP contribution is -2.58. The molecule has 3 aliphatic rings. The zero-order valence-corrected chi connectivity index (χ0v) is 21.6. The van der Waals surface area contributed by atoms with E-state index in [0.717, 1.165) is 19.3 Å². The lowest BCUT2D eigenvalue weighted by atomic mass is 9.66. The van der Waals surface area contributed by atoms with Crippen molar-refractivity contribution in [3.63, 3.8) is 0 Å². The van der Waals surface area contributed by atoms with Gasteiger partial charge in [-0.25, -0.2) is 0 Å². The zero-order chi connectivity index (χ0) is 24.6. The Morgan fingerprint density at radius 3 is 2.58 bits per heavy atom. The Labute approximate surface area is 202 Å². The molecular weight excluding hydrogens is 440 g/mol. The Hall–Kier alpha value is -1.54. The van der Waals surface area contributed by atoms with Crippen LogP contribution in [0.25, 0.3) is 0 Å². The number of amides is 2. The van der Waals surface area contributed by atoms with Gasteiger partial charge in [0.1, 0.15) is 6.04 Å². The predicted molar refractivity (Wildman–Crippen MR) is 130 cm³/mol. The molecule has 3 fully saturated rings. The van der Waals surface area contributed by atoms with Crippen molar-refractivity contribution in [2.24, 2.45) is 11.8 Å². The number of carbonyl (C=O) groups excluding carboxylic acids is 3.